The Balaban J connectivity index is 2.02. The van der Waals surface area contributed by atoms with E-state index in [-0.39, 0.29) is 0 Å². The molecule has 2 N–H and O–H groups in total. The SMILES string of the molecule is NS(=O)(=O)N1CCN(c2ccc(Br)cn2)CC1. The van der Waals surface area contributed by atoms with Crippen LogP contribution in [0.4, 0.5) is 5.82 Å². The molecule has 0 spiro atoms. The summed E-state index contributed by atoms with van der Waals surface area (Å²) < 4.78 is 24.5. The molecule has 1 saturated heterocycles. The lowest BCUT2D eigenvalue weighted by Gasteiger charge is -2.33. The number of hydrogen-bond donors (Lipinski definition) is 1. The highest BCUT2D eigenvalue weighted by Gasteiger charge is 2.24. The second-order valence-corrected chi connectivity index (χ2v) is 6.23. The molecule has 1 aliphatic rings. The number of halogens is 1. The number of piperazine rings is 1. The number of anilines is 1. The maximum absolute atomic E-state index is 11.1. The van der Waals surface area contributed by atoms with E-state index in [4.69, 9.17) is 5.14 Å². The van der Waals surface area contributed by atoms with E-state index in [1.54, 1.807) is 6.20 Å². The van der Waals surface area contributed by atoms with Crippen molar-refractivity contribution in [3.05, 3.63) is 22.8 Å². The van der Waals surface area contributed by atoms with Crippen molar-refractivity contribution in [2.24, 2.45) is 5.14 Å². The van der Waals surface area contributed by atoms with Gasteiger partial charge >= 0.3 is 0 Å². The average molecular weight is 321 g/mol. The molecule has 0 aromatic carbocycles. The lowest BCUT2D eigenvalue weighted by Crippen LogP contribution is -2.50. The quantitative estimate of drug-likeness (QED) is 0.842. The topological polar surface area (TPSA) is 79.5 Å². The zero-order valence-electron chi connectivity index (χ0n) is 9.08. The Morgan fingerprint density at radius 1 is 1.24 bits per heavy atom. The van der Waals surface area contributed by atoms with Gasteiger partial charge in [-0.05, 0) is 28.1 Å². The second kappa shape index (κ2) is 4.89. The molecule has 0 amide bonds. The average Bonchev–Trinajstić information content (AvgIpc) is 2.29. The van der Waals surface area contributed by atoms with E-state index in [2.05, 4.69) is 20.9 Å². The van der Waals surface area contributed by atoms with Crippen LogP contribution in [0, 0.1) is 0 Å². The minimum absolute atomic E-state index is 0.399. The molecule has 94 valence electrons. The van der Waals surface area contributed by atoms with Gasteiger partial charge < -0.3 is 4.90 Å². The van der Waals surface area contributed by atoms with Crippen LogP contribution in [-0.2, 0) is 10.2 Å². The predicted molar refractivity (Wildman–Crippen MR) is 68.8 cm³/mol. The number of rotatable bonds is 2. The number of hydrogen-bond acceptors (Lipinski definition) is 4. The predicted octanol–water partition coefficient (Wildman–Crippen LogP) is 0.170. The lowest BCUT2D eigenvalue weighted by atomic mass is 10.3. The van der Waals surface area contributed by atoms with Crippen LogP contribution in [0.15, 0.2) is 22.8 Å². The molecule has 0 bridgehead atoms. The van der Waals surface area contributed by atoms with Crippen LogP contribution in [0.3, 0.4) is 0 Å². The Morgan fingerprint density at radius 3 is 2.35 bits per heavy atom. The standard InChI is InChI=1S/C9H13BrN4O2S/c10-8-1-2-9(12-7-8)13-3-5-14(6-4-13)17(11,15)16/h1-2,7H,3-6H2,(H2,11,15,16). The molecule has 0 radical (unpaired) electrons. The zero-order chi connectivity index (χ0) is 12.5. The first kappa shape index (κ1) is 12.7. The summed E-state index contributed by atoms with van der Waals surface area (Å²) in [5, 5.41) is 5.07. The first-order valence-electron chi connectivity index (χ1n) is 5.11. The highest BCUT2D eigenvalue weighted by molar-refractivity contribution is 9.10. The van der Waals surface area contributed by atoms with Gasteiger partial charge in [0.1, 0.15) is 5.82 Å². The molecule has 8 heteroatoms. The largest absolute Gasteiger partial charge is 0.354 e. The highest BCUT2D eigenvalue weighted by Crippen LogP contribution is 2.16. The third-order valence-corrected chi connectivity index (χ3v) is 4.19. The van der Waals surface area contributed by atoms with Gasteiger partial charge in [-0.3, -0.25) is 0 Å². The van der Waals surface area contributed by atoms with Crippen LogP contribution >= 0.6 is 15.9 Å². The van der Waals surface area contributed by atoms with Gasteiger partial charge in [0.05, 0.1) is 0 Å². The summed E-state index contributed by atoms with van der Waals surface area (Å²) in [7, 11) is -3.56. The van der Waals surface area contributed by atoms with Crippen LogP contribution in [0.25, 0.3) is 0 Å². The van der Waals surface area contributed by atoms with Crippen molar-refractivity contribution < 1.29 is 8.42 Å². The molecule has 17 heavy (non-hydrogen) atoms. The van der Waals surface area contributed by atoms with Crippen molar-refractivity contribution in [2.45, 2.75) is 0 Å². The number of pyridine rings is 1. The van der Waals surface area contributed by atoms with Crippen molar-refractivity contribution >= 4 is 32.0 Å². The second-order valence-electron chi connectivity index (χ2n) is 3.77. The Bertz CT molecular complexity index is 482. The molecule has 2 rings (SSSR count). The van der Waals surface area contributed by atoms with Crippen molar-refractivity contribution in [2.75, 3.05) is 31.1 Å². The summed E-state index contributed by atoms with van der Waals surface area (Å²) in [4.78, 5) is 6.30. The maximum Gasteiger partial charge on any atom is 0.277 e. The van der Waals surface area contributed by atoms with Gasteiger partial charge in [0.2, 0.25) is 0 Å². The van der Waals surface area contributed by atoms with Crippen molar-refractivity contribution in [1.82, 2.24) is 9.29 Å². The molecule has 6 nitrogen and oxygen atoms in total. The smallest absolute Gasteiger partial charge is 0.277 e. The first-order valence-corrected chi connectivity index (χ1v) is 7.41. The molecule has 0 atom stereocenters. The monoisotopic (exact) mass is 320 g/mol. The summed E-state index contributed by atoms with van der Waals surface area (Å²) >= 11 is 3.32. The highest BCUT2D eigenvalue weighted by atomic mass is 79.9. The van der Waals surface area contributed by atoms with Crippen LogP contribution in [0.1, 0.15) is 0 Å². The van der Waals surface area contributed by atoms with E-state index < -0.39 is 10.2 Å². The lowest BCUT2D eigenvalue weighted by molar-refractivity contribution is 0.384. The van der Waals surface area contributed by atoms with Crippen LogP contribution in [-0.4, -0.2) is 43.9 Å². The van der Waals surface area contributed by atoms with Gasteiger partial charge in [-0.2, -0.15) is 12.7 Å². The fraction of sp³-hybridized carbons (Fsp3) is 0.444. The molecular weight excluding hydrogens is 308 g/mol. The first-order chi connectivity index (χ1) is 7.97. The van der Waals surface area contributed by atoms with Crippen LogP contribution < -0.4 is 10.0 Å². The summed E-state index contributed by atoms with van der Waals surface area (Å²) in [6.45, 7) is 2.00. The Kier molecular flexibility index (Phi) is 3.67. The van der Waals surface area contributed by atoms with Crippen LogP contribution in [0.5, 0.6) is 0 Å². The van der Waals surface area contributed by atoms with E-state index in [9.17, 15) is 8.42 Å². The Hall–Kier alpha value is -0.700. The van der Waals surface area contributed by atoms with E-state index in [1.807, 2.05) is 17.0 Å². The van der Waals surface area contributed by atoms with Gasteiger partial charge in [-0.15, -0.1) is 0 Å². The minimum Gasteiger partial charge on any atom is -0.354 e. The third-order valence-electron chi connectivity index (χ3n) is 2.63. The van der Waals surface area contributed by atoms with E-state index in [1.165, 1.54) is 4.31 Å². The number of aromatic nitrogens is 1. The Labute approximate surface area is 109 Å². The minimum atomic E-state index is -3.56. The third kappa shape index (κ3) is 3.15. The fourth-order valence-electron chi connectivity index (χ4n) is 1.73. The van der Waals surface area contributed by atoms with Gasteiger partial charge in [-0.25, -0.2) is 10.1 Å². The molecule has 1 fully saturated rings. The van der Waals surface area contributed by atoms with Crippen LogP contribution in [0.2, 0.25) is 0 Å². The summed E-state index contributed by atoms with van der Waals surface area (Å²) in [6.07, 6.45) is 1.72. The van der Waals surface area contributed by atoms with Crippen molar-refractivity contribution in [3.63, 3.8) is 0 Å². The molecule has 0 saturated carbocycles. The zero-order valence-corrected chi connectivity index (χ0v) is 11.5. The summed E-state index contributed by atoms with van der Waals surface area (Å²) in [6, 6.07) is 3.81. The van der Waals surface area contributed by atoms with Gasteiger partial charge in [0.15, 0.2) is 0 Å². The molecule has 0 aliphatic carbocycles. The van der Waals surface area contributed by atoms with E-state index in [0.717, 1.165) is 10.3 Å². The summed E-state index contributed by atoms with van der Waals surface area (Å²) in [5.41, 5.74) is 0. The van der Waals surface area contributed by atoms with E-state index in [0.29, 0.717) is 26.2 Å². The number of nitrogens with zero attached hydrogens (tertiary/aromatic N) is 3. The van der Waals surface area contributed by atoms with E-state index >= 15 is 0 Å². The van der Waals surface area contributed by atoms with Crippen molar-refractivity contribution in [3.8, 4) is 0 Å². The fourth-order valence-corrected chi connectivity index (χ4v) is 2.63. The normalized spacial score (nSPS) is 18.4. The molecule has 1 aromatic heterocycles. The molecule has 2 heterocycles. The molecular formula is C9H13BrN4O2S. The molecule has 1 aromatic rings. The van der Waals surface area contributed by atoms with Gasteiger partial charge in [-0.1, -0.05) is 0 Å². The van der Waals surface area contributed by atoms with Gasteiger partial charge in [0, 0.05) is 36.8 Å². The molecule has 0 unspecified atom stereocenters. The van der Waals surface area contributed by atoms with Crippen molar-refractivity contribution in [1.29, 1.82) is 0 Å². The molecule has 1 aliphatic heterocycles. The summed E-state index contributed by atoms with van der Waals surface area (Å²) in [5.74, 6) is 0.849. The Morgan fingerprint density at radius 2 is 1.88 bits per heavy atom. The maximum atomic E-state index is 11.1. The van der Waals surface area contributed by atoms with Gasteiger partial charge in [0.25, 0.3) is 10.2 Å². The number of nitrogens with two attached hydrogens (primary N) is 1.